The lowest BCUT2D eigenvalue weighted by atomic mass is 9.93. The zero-order chi connectivity index (χ0) is 11.2. The molecule has 14 heavy (non-hydrogen) atoms. The highest BCUT2D eigenvalue weighted by Crippen LogP contribution is 2.25. The Morgan fingerprint density at radius 3 is 2.14 bits per heavy atom. The fraction of sp³-hybridized carbons (Fsp3) is 0.778. The van der Waals surface area contributed by atoms with Gasteiger partial charge in [0.05, 0.1) is 10.8 Å². The predicted octanol–water partition coefficient (Wildman–Crippen LogP) is 2.00. The van der Waals surface area contributed by atoms with Gasteiger partial charge in [-0.2, -0.15) is 0 Å². The topological polar surface area (TPSA) is 63.6 Å². The number of hydrogen-bond acceptors (Lipinski definition) is 3. The molecule has 0 radical (unpaired) electrons. The quantitative estimate of drug-likeness (QED) is 0.463. The second-order valence-corrected chi connectivity index (χ2v) is 3.83. The number of esters is 1. The number of aliphatic carboxylic acids is 1. The van der Waals surface area contributed by atoms with Crippen LogP contribution in [0.3, 0.4) is 0 Å². The number of rotatable bonds is 6. The molecule has 5 heteroatoms. The number of carbonyl (C=O) groups is 2. The van der Waals surface area contributed by atoms with Crippen LogP contribution in [0, 0.1) is 0 Å². The summed E-state index contributed by atoms with van der Waals surface area (Å²) in [7, 11) is 0. The van der Waals surface area contributed by atoms with Gasteiger partial charge in [0.15, 0.2) is 0 Å². The van der Waals surface area contributed by atoms with Crippen molar-refractivity contribution >= 4 is 34.5 Å². The number of carboxylic acids is 1. The summed E-state index contributed by atoms with van der Waals surface area (Å²) in [6.45, 7) is 3.65. The minimum atomic E-state index is -0.935. The van der Waals surface area contributed by atoms with E-state index in [-0.39, 0.29) is 16.8 Å². The summed E-state index contributed by atoms with van der Waals surface area (Å²) in [5.74, 6) is -1.29. The predicted molar refractivity (Wildman–Crippen MR) is 60.5 cm³/mol. The molecule has 4 nitrogen and oxygen atoms in total. The molecule has 0 aromatic carbocycles. The van der Waals surface area contributed by atoms with Gasteiger partial charge < -0.3 is 9.84 Å². The molecule has 0 saturated carbocycles. The molecule has 0 unspecified atom stereocenters. The Balaban J connectivity index is 4.51. The molecule has 0 saturated heterocycles. The first kappa shape index (κ1) is 13.7. The summed E-state index contributed by atoms with van der Waals surface area (Å²) < 4.78 is 5.42. The molecule has 0 heterocycles. The van der Waals surface area contributed by atoms with E-state index in [1.54, 1.807) is 0 Å². The van der Waals surface area contributed by atoms with Gasteiger partial charge >= 0.3 is 11.9 Å². The van der Waals surface area contributed by atoms with Crippen LogP contribution >= 0.6 is 22.6 Å². The fourth-order valence-electron chi connectivity index (χ4n) is 1.22. The average Bonchev–Trinajstić information content (AvgIpc) is 2.15. The first-order valence-corrected chi connectivity index (χ1v) is 6.01. The molecule has 0 fully saturated rings. The lowest BCUT2D eigenvalue weighted by Gasteiger charge is -2.29. The monoisotopic (exact) mass is 314 g/mol. The number of carboxylic acid groups (broad SMARTS) is 1. The molecule has 1 N–H and O–H groups in total. The minimum Gasteiger partial charge on any atom is -0.481 e. The highest BCUT2D eigenvalue weighted by atomic mass is 127. The van der Waals surface area contributed by atoms with Gasteiger partial charge in [-0.1, -0.05) is 36.4 Å². The van der Waals surface area contributed by atoms with E-state index in [0.29, 0.717) is 12.8 Å². The van der Waals surface area contributed by atoms with Crippen molar-refractivity contribution in [3.63, 3.8) is 0 Å². The maximum atomic E-state index is 11.1. The van der Waals surface area contributed by atoms with Crippen molar-refractivity contribution in [3.05, 3.63) is 0 Å². The lowest BCUT2D eigenvalue weighted by molar-refractivity contribution is -0.162. The van der Waals surface area contributed by atoms with E-state index in [2.05, 4.69) is 0 Å². The summed E-state index contributed by atoms with van der Waals surface area (Å²) in [4.78, 5) is 21.7. The van der Waals surface area contributed by atoms with Gasteiger partial charge in [-0.05, 0) is 12.8 Å². The molecular weight excluding hydrogens is 299 g/mol. The van der Waals surface area contributed by atoms with Gasteiger partial charge in [-0.3, -0.25) is 9.59 Å². The second kappa shape index (κ2) is 6.21. The average molecular weight is 314 g/mol. The van der Waals surface area contributed by atoms with E-state index >= 15 is 0 Å². The number of carbonyl (C=O) groups excluding carboxylic acids is 1. The molecule has 82 valence electrons. The van der Waals surface area contributed by atoms with Crippen molar-refractivity contribution in [2.75, 3.05) is 4.43 Å². The van der Waals surface area contributed by atoms with E-state index in [1.807, 2.05) is 36.4 Å². The summed E-state index contributed by atoms with van der Waals surface area (Å²) in [5.41, 5.74) is -0.825. The van der Waals surface area contributed by atoms with Crippen LogP contribution in [0.5, 0.6) is 0 Å². The van der Waals surface area contributed by atoms with Crippen molar-refractivity contribution in [3.8, 4) is 0 Å². The molecule has 0 amide bonds. The standard InChI is InChI=1S/C9H15IO4/c1-3-9(4-2,5-7(11)12)14-8(13)6-10/h3-6H2,1-2H3,(H,11,12). The van der Waals surface area contributed by atoms with Crippen LogP contribution in [0.1, 0.15) is 33.1 Å². The number of halogens is 1. The molecule has 0 aromatic heterocycles. The van der Waals surface area contributed by atoms with E-state index in [0.717, 1.165) is 0 Å². The van der Waals surface area contributed by atoms with Crippen molar-refractivity contribution in [1.82, 2.24) is 0 Å². The van der Waals surface area contributed by atoms with Crippen molar-refractivity contribution in [2.24, 2.45) is 0 Å². The van der Waals surface area contributed by atoms with Gasteiger partial charge in [0.2, 0.25) is 0 Å². The molecule has 0 aromatic rings. The van der Waals surface area contributed by atoms with E-state index in [1.165, 1.54) is 0 Å². The van der Waals surface area contributed by atoms with Gasteiger partial charge in [0.1, 0.15) is 5.60 Å². The first-order valence-electron chi connectivity index (χ1n) is 4.49. The highest BCUT2D eigenvalue weighted by Gasteiger charge is 2.32. The third-order valence-corrected chi connectivity index (χ3v) is 2.82. The summed E-state index contributed by atoms with van der Waals surface area (Å²) >= 11 is 1.90. The van der Waals surface area contributed by atoms with Gasteiger partial charge in [-0.25, -0.2) is 0 Å². The van der Waals surface area contributed by atoms with Crippen LogP contribution in [-0.2, 0) is 14.3 Å². The van der Waals surface area contributed by atoms with Crippen molar-refractivity contribution in [1.29, 1.82) is 0 Å². The van der Waals surface area contributed by atoms with Crippen LogP contribution in [0.2, 0.25) is 0 Å². The number of alkyl halides is 1. The van der Waals surface area contributed by atoms with Crippen LogP contribution in [0.4, 0.5) is 0 Å². The molecule has 0 atom stereocenters. The van der Waals surface area contributed by atoms with Crippen molar-refractivity contribution in [2.45, 2.75) is 38.7 Å². The third kappa shape index (κ3) is 4.26. The van der Waals surface area contributed by atoms with Gasteiger partial charge in [0.25, 0.3) is 0 Å². The summed E-state index contributed by atoms with van der Waals surface area (Å²) in [6.07, 6.45) is 0.929. The zero-order valence-corrected chi connectivity index (χ0v) is 10.5. The maximum absolute atomic E-state index is 11.1. The summed E-state index contributed by atoms with van der Waals surface area (Å²) in [6, 6.07) is 0. The zero-order valence-electron chi connectivity index (χ0n) is 8.38. The van der Waals surface area contributed by atoms with Crippen molar-refractivity contribution < 1.29 is 19.4 Å². The molecule has 0 aliphatic rings. The Hall–Kier alpha value is -0.330. The largest absolute Gasteiger partial charge is 0.481 e. The highest BCUT2D eigenvalue weighted by molar-refractivity contribution is 14.1. The van der Waals surface area contributed by atoms with E-state index < -0.39 is 11.6 Å². The van der Waals surface area contributed by atoms with Gasteiger partial charge in [-0.15, -0.1) is 0 Å². The Morgan fingerprint density at radius 2 is 1.86 bits per heavy atom. The smallest absolute Gasteiger partial charge is 0.316 e. The van der Waals surface area contributed by atoms with Crippen LogP contribution in [-0.4, -0.2) is 27.1 Å². The lowest BCUT2D eigenvalue weighted by Crippen LogP contribution is -2.36. The molecule has 0 rings (SSSR count). The fourth-order valence-corrected chi connectivity index (χ4v) is 1.38. The maximum Gasteiger partial charge on any atom is 0.316 e. The van der Waals surface area contributed by atoms with Crippen LogP contribution in [0.15, 0.2) is 0 Å². The third-order valence-electron chi connectivity index (χ3n) is 2.20. The SMILES string of the molecule is CCC(CC)(CC(=O)O)OC(=O)CI. The van der Waals surface area contributed by atoms with E-state index in [9.17, 15) is 9.59 Å². The molecule has 0 spiro atoms. The Bertz CT molecular complexity index is 211. The molecular formula is C9H15IO4. The Kier molecular flexibility index (Phi) is 6.06. The second-order valence-electron chi connectivity index (χ2n) is 3.07. The van der Waals surface area contributed by atoms with Crippen LogP contribution in [0.25, 0.3) is 0 Å². The normalized spacial score (nSPS) is 11.1. The first-order chi connectivity index (χ1) is 6.49. The minimum absolute atomic E-state index is 0.123. The molecule has 0 aliphatic heterocycles. The number of ether oxygens (including phenoxy) is 1. The summed E-state index contributed by atoms with van der Waals surface area (Å²) in [5, 5.41) is 8.70. The van der Waals surface area contributed by atoms with Crippen LogP contribution < -0.4 is 0 Å². The number of hydrogen-bond donors (Lipinski definition) is 1. The Morgan fingerprint density at radius 1 is 1.36 bits per heavy atom. The molecule has 0 aliphatic carbocycles. The van der Waals surface area contributed by atoms with Gasteiger partial charge in [0, 0.05) is 0 Å². The molecule has 0 bridgehead atoms. The van der Waals surface area contributed by atoms with E-state index in [4.69, 9.17) is 9.84 Å². The Labute approximate surface area is 97.2 Å².